The highest BCUT2D eigenvalue weighted by molar-refractivity contribution is 5.47. The SMILES string of the molecule is C[C@@H](CCc1ccccc1)[NH+]1CCN(c2ccccc2F)CC1. The van der Waals surface area contributed by atoms with Crippen LogP contribution in [-0.2, 0) is 6.42 Å². The lowest BCUT2D eigenvalue weighted by Crippen LogP contribution is -3.18. The Labute approximate surface area is 138 Å². The van der Waals surface area contributed by atoms with Gasteiger partial charge in [-0.1, -0.05) is 42.5 Å². The Kier molecular flexibility index (Phi) is 5.29. The summed E-state index contributed by atoms with van der Waals surface area (Å²) >= 11 is 0. The van der Waals surface area contributed by atoms with Crippen molar-refractivity contribution >= 4 is 5.69 Å². The summed E-state index contributed by atoms with van der Waals surface area (Å²) in [6.45, 7) is 6.39. The highest BCUT2D eigenvalue weighted by Gasteiger charge is 2.25. The highest BCUT2D eigenvalue weighted by Crippen LogP contribution is 2.18. The van der Waals surface area contributed by atoms with E-state index in [1.165, 1.54) is 12.0 Å². The number of para-hydroxylation sites is 1. The fourth-order valence-electron chi connectivity index (χ4n) is 3.47. The van der Waals surface area contributed by atoms with Gasteiger partial charge in [-0.15, -0.1) is 0 Å². The first-order chi connectivity index (χ1) is 11.2. The van der Waals surface area contributed by atoms with Crippen molar-refractivity contribution in [3.8, 4) is 0 Å². The van der Waals surface area contributed by atoms with Gasteiger partial charge in [-0.3, -0.25) is 0 Å². The molecule has 23 heavy (non-hydrogen) atoms. The summed E-state index contributed by atoms with van der Waals surface area (Å²) in [6, 6.07) is 18.5. The molecule has 0 spiro atoms. The Hall–Kier alpha value is -1.87. The van der Waals surface area contributed by atoms with Crippen molar-refractivity contribution in [3.05, 3.63) is 66.0 Å². The number of hydrogen-bond donors (Lipinski definition) is 1. The van der Waals surface area contributed by atoms with Crippen LogP contribution in [0.25, 0.3) is 0 Å². The van der Waals surface area contributed by atoms with E-state index in [2.05, 4.69) is 42.2 Å². The molecule has 0 amide bonds. The van der Waals surface area contributed by atoms with E-state index in [9.17, 15) is 4.39 Å². The zero-order valence-corrected chi connectivity index (χ0v) is 13.8. The van der Waals surface area contributed by atoms with Gasteiger partial charge < -0.3 is 9.80 Å². The smallest absolute Gasteiger partial charge is 0.146 e. The zero-order chi connectivity index (χ0) is 16.1. The maximum absolute atomic E-state index is 13.9. The fraction of sp³-hybridized carbons (Fsp3) is 0.400. The Bertz CT molecular complexity index is 606. The number of piperazine rings is 1. The predicted octanol–water partition coefficient (Wildman–Crippen LogP) is 2.55. The van der Waals surface area contributed by atoms with E-state index >= 15 is 0 Å². The number of aryl methyl sites for hydroxylation is 1. The third-order valence-electron chi connectivity index (χ3n) is 5.00. The topological polar surface area (TPSA) is 7.68 Å². The van der Waals surface area contributed by atoms with E-state index in [1.54, 1.807) is 17.0 Å². The molecule has 0 aromatic heterocycles. The number of benzene rings is 2. The van der Waals surface area contributed by atoms with Gasteiger partial charge in [0, 0.05) is 6.42 Å². The summed E-state index contributed by atoms with van der Waals surface area (Å²) in [6.07, 6.45) is 2.35. The van der Waals surface area contributed by atoms with E-state index in [-0.39, 0.29) is 5.82 Å². The third-order valence-corrected chi connectivity index (χ3v) is 5.00. The molecule has 0 radical (unpaired) electrons. The first-order valence-electron chi connectivity index (χ1n) is 8.62. The first kappa shape index (κ1) is 16.0. The quantitative estimate of drug-likeness (QED) is 0.891. The van der Waals surface area contributed by atoms with Crippen molar-refractivity contribution in [2.75, 3.05) is 31.1 Å². The molecule has 3 heteroatoms. The zero-order valence-electron chi connectivity index (χ0n) is 13.8. The second-order valence-corrected chi connectivity index (χ2v) is 6.52. The monoisotopic (exact) mass is 313 g/mol. The van der Waals surface area contributed by atoms with E-state index in [0.717, 1.165) is 38.3 Å². The van der Waals surface area contributed by atoms with Gasteiger partial charge >= 0.3 is 0 Å². The standard InChI is InChI=1S/C20H25FN2/c1-17(11-12-18-7-3-2-4-8-18)22-13-15-23(16-14-22)20-10-6-5-9-19(20)21/h2-10,17H,11-16H2,1H3/p+1/t17-/m0/s1. The summed E-state index contributed by atoms with van der Waals surface area (Å²) in [5.74, 6) is -0.104. The molecule has 1 fully saturated rings. The number of nitrogens with one attached hydrogen (secondary N) is 1. The normalized spacial score (nSPS) is 17.2. The minimum Gasteiger partial charge on any atom is -0.358 e. The number of hydrogen-bond acceptors (Lipinski definition) is 1. The number of anilines is 1. The van der Waals surface area contributed by atoms with Crippen molar-refractivity contribution in [3.63, 3.8) is 0 Å². The van der Waals surface area contributed by atoms with E-state index in [0.29, 0.717) is 6.04 Å². The first-order valence-corrected chi connectivity index (χ1v) is 8.62. The van der Waals surface area contributed by atoms with E-state index in [1.807, 2.05) is 12.1 Å². The molecule has 2 aromatic carbocycles. The minimum atomic E-state index is -0.104. The van der Waals surface area contributed by atoms with Gasteiger partial charge in [0.2, 0.25) is 0 Å². The average molecular weight is 313 g/mol. The third kappa shape index (κ3) is 4.11. The molecule has 0 saturated carbocycles. The van der Waals surface area contributed by atoms with Crippen LogP contribution in [0.5, 0.6) is 0 Å². The second kappa shape index (κ2) is 7.60. The van der Waals surface area contributed by atoms with Gasteiger partial charge in [0.15, 0.2) is 0 Å². The summed E-state index contributed by atoms with van der Waals surface area (Å²) in [7, 11) is 0. The summed E-state index contributed by atoms with van der Waals surface area (Å²) < 4.78 is 13.9. The number of halogens is 1. The molecule has 0 bridgehead atoms. The lowest BCUT2D eigenvalue weighted by atomic mass is 10.0. The maximum Gasteiger partial charge on any atom is 0.146 e. The van der Waals surface area contributed by atoms with Gasteiger partial charge in [-0.25, -0.2) is 4.39 Å². The van der Waals surface area contributed by atoms with Crippen LogP contribution in [0, 0.1) is 5.82 Å². The van der Waals surface area contributed by atoms with Crippen LogP contribution >= 0.6 is 0 Å². The summed E-state index contributed by atoms with van der Waals surface area (Å²) in [5, 5.41) is 0. The van der Waals surface area contributed by atoms with Crippen molar-refractivity contribution in [1.82, 2.24) is 0 Å². The largest absolute Gasteiger partial charge is 0.358 e. The van der Waals surface area contributed by atoms with Crippen molar-refractivity contribution in [1.29, 1.82) is 0 Å². The number of rotatable bonds is 5. The molecular weight excluding hydrogens is 287 g/mol. The molecule has 1 heterocycles. The molecule has 2 nitrogen and oxygen atoms in total. The van der Waals surface area contributed by atoms with Crippen LogP contribution in [0.15, 0.2) is 54.6 Å². The maximum atomic E-state index is 13.9. The summed E-state index contributed by atoms with van der Waals surface area (Å²) in [5.41, 5.74) is 2.17. The number of quaternary nitrogens is 1. The van der Waals surface area contributed by atoms with Crippen molar-refractivity contribution in [2.45, 2.75) is 25.8 Å². The lowest BCUT2D eigenvalue weighted by Gasteiger charge is -2.36. The average Bonchev–Trinajstić information content (AvgIpc) is 2.61. The van der Waals surface area contributed by atoms with E-state index < -0.39 is 0 Å². The number of nitrogens with zero attached hydrogens (tertiary/aromatic N) is 1. The van der Waals surface area contributed by atoms with Gasteiger partial charge in [-0.2, -0.15) is 0 Å². The molecule has 0 unspecified atom stereocenters. The fourth-order valence-corrected chi connectivity index (χ4v) is 3.47. The van der Waals surface area contributed by atoms with Crippen molar-refractivity contribution in [2.24, 2.45) is 0 Å². The molecule has 1 saturated heterocycles. The molecule has 3 rings (SSSR count). The van der Waals surface area contributed by atoms with Crippen LogP contribution in [0.1, 0.15) is 18.9 Å². The lowest BCUT2D eigenvalue weighted by molar-refractivity contribution is -0.924. The Balaban J connectivity index is 1.49. The van der Waals surface area contributed by atoms with Crippen LogP contribution in [0.4, 0.5) is 10.1 Å². The van der Waals surface area contributed by atoms with E-state index in [4.69, 9.17) is 0 Å². The van der Waals surface area contributed by atoms with Crippen LogP contribution in [0.2, 0.25) is 0 Å². The highest BCUT2D eigenvalue weighted by atomic mass is 19.1. The van der Waals surface area contributed by atoms with Gasteiger partial charge in [0.1, 0.15) is 5.82 Å². The molecule has 122 valence electrons. The predicted molar refractivity (Wildman–Crippen MR) is 93.5 cm³/mol. The minimum absolute atomic E-state index is 0.104. The Morgan fingerprint density at radius 2 is 1.65 bits per heavy atom. The van der Waals surface area contributed by atoms with Crippen LogP contribution in [0.3, 0.4) is 0 Å². The molecule has 1 aliphatic heterocycles. The molecule has 1 atom stereocenters. The summed E-state index contributed by atoms with van der Waals surface area (Å²) in [4.78, 5) is 3.83. The van der Waals surface area contributed by atoms with Gasteiger partial charge in [-0.05, 0) is 31.0 Å². The molecule has 0 aliphatic carbocycles. The van der Waals surface area contributed by atoms with Crippen LogP contribution in [-0.4, -0.2) is 32.2 Å². The van der Waals surface area contributed by atoms with Gasteiger partial charge in [0.05, 0.1) is 37.9 Å². The van der Waals surface area contributed by atoms with Gasteiger partial charge in [0.25, 0.3) is 0 Å². The Morgan fingerprint density at radius 3 is 2.35 bits per heavy atom. The van der Waals surface area contributed by atoms with Crippen molar-refractivity contribution < 1.29 is 9.29 Å². The molecular formula is C20H26FN2+. The van der Waals surface area contributed by atoms with Crippen LogP contribution < -0.4 is 9.80 Å². The Morgan fingerprint density at radius 1 is 1.00 bits per heavy atom. The molecule has 2 aromatic rings. The second-order valence-electron chi connectivity index (χ2n) is 6.52. The molecule has 1 aliphatic rings. The molecule has 1 N–H and O–H groups in total.